The van der Waals surface area contributed by atoms with Gasteiger partial charge in [0.25, 0.3) is 11.8 Å². The first-order valence-electron chi connectivity index (χ1n) is 16.5. The number of ether oxygens (including phenoxy) is 1. The van der Waals surface area contributed by atoms with Crippen LogP contribution in [0, 0.1) is 29.5 Å². The fourth-order valence-electron chi connectivity index (χ4n) is 8.61. The summed E-state index contributed by atoms with van der Waals surface area (Å²) in [5.74, 6) is -4.81. The number of imide groups is 2. The number of rotatable bonds is 7. The Kier molecular flexibility index (Phi) is 8.15. The van der Waals surface area contributed by atoms with Crippen LogP contribution in [0.1, 0.15) is 50.7 Å². The molecule has 49 heavy (non-hydrogen) atoms. The molecule has 6 atom stereocenters. The molecule has 3 fully saturated rings. The van der Waals surface area contributed by atoms with Gasteiger partial charge in [-0.15, -0.1) is 0 Å². The van der Waals surface area contributed by atoms with E-state index < -0.39 is 58.2 Å². The molecule has 1 saturated carbocycles. The third-order valence-corrected chi connectivity index (χ3v) is 10.8. The number of allylic oxidation sites excluding steroid dienone is 2. The van der Waals surface area contributed by atoms with Crippen molar-refractivity contribution >= 4 is 40.9 Å². The average molecular weight is 686 g/mol. The van der Waals surface area contributed by atoms with Crippen molar-refractivity contribution in [1.82, 2.24) is 9.91 Å². The van der Waals surface area contributed by atoms with Crippen LogP contribution in [0.25, 0.3) is 0 Å². The number of amides is 4. The number of aliphatic hydroxyl groups excluding tert-OH is 1. The highest BCUT2D eigenvalue weighted by molar-refractivity contribution is 6.30. The minimum atomic E-state index is -1.47. The fourth-order valence-corrected chi connectivity index (χ4v) is 8.74. The van der Waals surface area contributed by atoms with Gasteiger partial charge in [-0.25, -0.2) is 4.39 Å². The van der Waals surface area contributed by atoms with Gasteiger partial charge >= 0.3 is 0 Å². The third kappa shape index (κ3) is 5.15. The Morgan fingerprint density at radius 1 is 0.918 bits per heavy atom. The average Bonchev–Trinajstić information content (AvgIpc) is 3.46. The normalized spacial score (nSPS) is 27.9. The molecule has 0 spiro atoms. The van der Waals surface area contributed by atoms with Gasteiger partial charge in [-0.1, -0.05) is 47.5 Å². The molecule has 4 aliphatic rings. The Morgan fingerprint density at radius 2 is 1.59 bits per heavy atom. The van der Waals surface area contributed by atoms with Crippen LogP contribution in [-0.4, -0.2) is 57.4 Å². The van der Waals surface area contributed by atoms with Crippen LogP contribution >= 0.6 is 11.6 Å². The molecule has 2 aliphatic carbocycles. The molecule has 0 radical (unpaired) electrons. The number of halogens is 2. The van der Waals surface area contributed by atoms with Crippen molar-refractivity contribution in [3.05, 3.63) is 106 Å². The molecule has 6 unspecified atom stereocenters. The van der Waals surface area contributed by atoms with Crippen LogP contribution in [0.4, 0.5) is 10.1 Å². The number of hydrogen-bond acceptors (Lipinski definition) is 7. The number of hydrogen-bond donors (Lipinski definition) is 2. The first kappa shape index (κ1) is 33.0. The number of nitrogens with one attached hydrogen (secondary N) is 1. The van der Waals surface area contributed by atoms with E-state index in [2.05, 4.69) is 5.43 Å². The van der Waals surface area contributed by atoms with Gasteiger partial charge in [0.15, 0.2) is 0 Å². The van der Waals surface area contributed by atoms with Crippen molar-refractivity contribution in [3.63, 3.8) is 0 Å². The van der Waals surface area contributed by atoms with E-state index in [0.717, 1.165) is 16.1 Å². The second-order valence-electron chi connectivity index (χ2n) is 14.2. The molecular weight excluding hydrogens is 649 g/mol. The monoisotopic (exact) mass is 685 g/mol. The van der Waals surface area contributed by atoms with E-state index in [0.29, 0.717) is 28.4 Å². The summed E-state index contributed by atoms with van der Waals surface area (Å²) in [5.41, 5.74) is 3.25. The lowest BCUT2D eigenvalue weighted by Gasteiger charge is -2.50. The molecule has 2 saturated heterocycles. The second-order valence-corrected chi connectivity index (χ2v) is 14.6. The van der Waals surface area contributed by atoms with Crippen molar-refractivity contribution in [2.24, 2.45) is 23.7 Å². The van der Waals surface area contributed by atoms with Crippen molar-refractivity contribution in [2.75, 3.05) is 18.6 Å². The Balaban J connectivity index is 1.43. The molecule has 3 aromatic rings. The van der Waals surface area contributed by atoms with E-state index in [1.807, 2.05) is 39.0 Å². The van der Waals surface area contributed by atoms with E-state index in [9.17, 15) is 23.9 Å². The standard InChI is InChI=1S/C38H37ClFN3O6/c1-37(2,3)42-33(45)28-17-16-27-29(31(28)35(42)47)20-30-34(46)43(41-25-12-10-24(40)11-13-25)36(48)38(30,22-6-8-23(39)9-7-22)32(27)21-4-14-26(15-5-21)49-19-18-44/h4-16,28-32,41,44H,17-20H2,1-3H3. The van der Waals surface area contributed by atoms with E-state index in [1.54, 1.807) is 36.4 Å². The number of anilines is 1. The Morgan fingerprint density at radius 3 is 2.22 bits per heavy atom. The summed E-state index contributed by atoms with van der Waals surface area (Å²) in [6.07, 6.45) is 2.49. The van der Waals surface area contributed by atoms with Crippen LogP contribution in [-0.2, 0) is 24.6 Å². The van der Waals surface area contributed by atoms with Crippen molar-refractivity contribution in [1.29, 1.82) is 0 Å². The number of carbonyl (C=O) groups is 4. The molecule has 2 heterocycles. The maximum Gasteiger partial charge on any atom is 0.260 e. The zero-order valence-electron chi connectivity index (χ0n) is 27.4. The number of likely N-dealkylation sites (tertiary alicyclic amines) is 1. The summed E-state index contributed by atoms with van der Waals surface area (Å²) in [5, 5.41) is 10.8. The SMILES string of the molecule is CC(C)(C)N1C(=O)C2CC=C3C(CC4C(=O)N(Nc5ccc(F)cc5)C(=O)C4(c4ccc(Cl)cc4)C3c3ccc(OCCO)cc3)C2C1=O. The molecule has 7 rings (SSSR count). The van der Waals surface area contributed by atoms with E-state index in [4.69, 9.17) is 16.3 Å². The zero-order valence-corrected chi connectivity index (χ0v) is 28.1. The molecule has 2 aliphatic heterocycles. The molecule has 2 N–H and O–H groups in total. The summed E-state index contributed by atoms with van der Waals surface area (Å²) in [4.78, 5) is 59.2. The highest BCUT2D eigenvalue weighted by atomic mass is 35.5. The topological polar surface area (TPSA) is 116 Å². The molecule has 3 aromatic carbocycles. The summed E-state index contributed by atoms with van der Waals surface area (Å²) in [6.45, 7) is 5.45. The molecule has 11 heteroatoms. The van der Waals surface area contributed by atoms with Crippen LogP contribution in [0.5, 0.6) is 5.75 Å². The molecule has 9 nitrogen and oxygen atoms in total. The highest BCUT2D eigenvalue weighted by Gasteiger charge is 2.70. The minimum absolute atomic E-state index is 0.104. The van der Waals surface area contributed by atoms with Crippen molar-refractivity contribution in [2.45, 2.75) is 50.5 Å². The number of nitrogens with zero attached hydrogens (tertiary/aromatic N) is 2. The van der Waals surface area contributed by atoms with Crippen LogP contribution < -0.4 is 10.2 Å². The van der Waals surface area contributed by atoms with Gasteiger partial charge in [-0.3, -0.25) is 29.5 Å². The predicted molar refractivity (Wildman–Crippen MR) is 180 cm³/mol. The van der Waals surface area contributed by atoms with Gasteiger partial charge in [-0.05, 0) is 99.2 Å². The first-order chi connectivity index (χ1) is 23.4. The van der Waals surface area contributed by atoms with Gasteiger partial charge in [0.2, 0.25) is 11.8 Å². The first-order valence-corrected chi connectivity index (χ1v) is 16.8. The number of hydrazine groups is 1. The summed E-state index contributed by atoms with van der Waals surface area (Å²) in [6, 6.07) is 19.5. The molecule has 254 valence electrons. The summed E-state index contributed by atoms with van der Waals surface area (Å²) < 4.78 is 19.5. The maximum atomic E-state index is 15.1. The van der Waals surface area contributed by atoms with Gasteiger partial charge in [0.05, 0.1) is 35.5 Å². The van der Waals surface area contributed by atoms with Gasteiger partial charge < -0.3 is 9.84 Å². The predicted octanol–water partition coefficient (Wildman–Crippen LogP) is 5.63. The van der Waals surface area contributed by atoms with E-state index >= 15 is 4.79 Å². The van der Waals surface area contributed by atoms with Gasteiger partial charge in [-0.2, -0.15) is 5.01 Å². The highest BCUT2D eigenvalue weighted by Crippen LogP contribution is 2.64. The number of fused-ring (bicyclic) bond motifs is 4. The van der Waals surface area contributed by atoms with Gasteiger partial charge in [0.1, 0.15) is 18.2 Å². The minimum Gasteiger partial charge on any atom is -0.491 e. The van der Waals surface area contributed by atoms with Gasteiger partial charge in [0, 0.05) is 16.5 Å². The van der Waals surface area contributed by atoms with Crippen molar-refractivity contribution in [3.8, 4) is 5.75 Å². The third-order valence-electron chi connectivity index (χ3n) is 10.5. The van der Waals surface area contributed by atoms with Crippen LogP contribution in [0.15, 0.2) is 84.4 Å². The lowest BCUT2D eigenvalue weighted by molar-refractivity contribution is -0.146. The van der Waals surface area contributed by atoms with E-state index in [1.165, 1.54) is 29.2 Å². The number of benzene rings is 3. The quantitative estimate of drug-likeness (QED) is 0.245. The smallest absolute Gasteiger partial charge is 0.260 e. The second kappa shape index (κ2) is 12.1. The largest absolute Gasteiger partial charge is 0.491 e. The fraction of sp³-hybridized carbons (Fsp3) is 0.368. The van der Waals surface area contributed by atoms with E-state index in [-0.39, 0.29) is 31.4 Å². The lowest BCUT2D eigenvalue weighted by atomic mass is 9.49. The Hall–Kier alpha value is -4.54. The summed E-state index contributed by atoms with van der Waals surface area (Å²) in [7, 11) is 0. The molecule has 0 aromatic heterocycles. The molecule has 4 amide bonds. The van der Waals surface area contributed by atoms with Crippen molar-refractivity contribution < 1.29 is 33.4 Å². The van der Waals surface area contributed by atoms with Crippen LogP contribution in [0.3, 0.4) is 0 Å². The number of aliphatic hydroxyl groups is 1. The lowest BCUT2D eigenvalue weighted by Crippen LogP contribution is -2.53. The zero-order chi connectivity index (χ0) is 34.8. The molecular formula is C38H37ClFN3O6. The number of carbonyl (C=O) groups excluding carboxylic acids is 4. The summed E-state index contributed by atoms with van der Waals surface area (Å²) >= 11 is 6.35. The molecule has 0 bridgehead atoms. The van der Waals surface area contributed by atoms with Crippen LogP contribution in [0.2, 0.25) is 5.02 Å². The Bertz CT molecular complexity index is 1860. The maximum absolute atomic E-state index is 15.1. The Labute approximate surface area is 288 Å².